The molecule has 0 saturated carbocycles. The predicted molar refractivity (Wildman–Crippen MR) is 142 cm³/mol. The van der Waals surface area contributed by atoms with Gasteiger partial charge in [-0.25, -0.2) is 4.57 Å². The van der Waals surface area contributed by atoms with Crippen molar-refractivity contribution in [2.75, 3.05) is 0 Å². The lowest BCUT2D eigenvalue weighted by Gasteiger charge is -2.42. The number of fused-ring (bicyclic) bond motifs is 1. The highest BCUT2D eigenvalue weighted by Crippen LogP contribution is 2.47. The van der Waals surface area contributed by atoms with Crippen LogP contribution >= 0.6 is 0 Å². The van der Waals surface area contributed by atoms with Crippen LogP contribution in [0, 0.1) is 13.8 Å². The number of nitrogens with zero attached hydrogens (tertiary/aromatic N) is 1. The molecule has 0 aliphatic heterocycles. The SMILES string of the molecule is [2H]C([2H])([2H])c1cc(C)c(-c2cc(C(C)(C)C)cc[n+]2C)cc1-c1ccc2c(c1)C(C)(C)CCC2(C)C. The predicted octanol–water partition coefficient (Wildman–Crippen LogP) is 8.11. The Balaban J connectivity index is 2.00. The highest BCUT2D eigenvalue weighted by Gasteiger charge is 2.37. The first kappa shape index (κ1) is 20.0. The Morgan fingerprint density at radius 1 is 0.818 bits per heavy atom. The summed E-state index contributed by atoms with van der Waals surface area (Å²) < 4.78 is 27.2. The molecule has 1 aliphatic rings. The van der Waals surface area contributed by atoms with Gasteiger partial charge in [-0.2, -0.15) is 0 Å². The molecule has 1 aromatic heterocycles. The first-order valence-electron chi connectivity index (χ1n) is 13.7. The van der Waals surface area contributed by atoms with Gasteiger partial charge in [0, 0.05) is 21.8 Å². The topological polar surface area (TPSA) is 3.88 Å². The molecular weight excluding hydrogens is 398 g/mol. The number of rotatable bonds is 2. The van der Waals surface area contributed by atoms with E-state index in [-0.39, 0.29) is 16.2 Å². The van der Waals surface area contributed by atoms with Crippen molar-refractivity contribution in [3.8, 4) is 22.4 Å². The van der Waals surface area contributed by atoms with E-state index in [0.29, 0.717) is 5.56 Å². The van der Waals surface area contributed by atoms with Gasteiger partial charge in [0.25, 0.3) is 0 Å². The summed E-state index contributed by atoms with van der Waals surface area (Å²) in [6.45, 7) is 15.8. The Kier molecular flexibility index (Phi) is 4.74. The van der Waals surface area contributed by atoms with E-state index in [1.807, 2.05) is 13.0 Å². The molecule has 0 atom stereocenters. The zero-order valence-electron chi connectivity index (χ0n) is 25.0. The standard InChI is InChI=1S/C32H42N/c1-21-17-22(2)26(29-19-24(30(3,4)5)13-16-33(29)10)20-25(21)23-11-12-27-28(18-23)32(8,9)15-14-31(27,6)7/h11-13,16-20H,14-15H2,1-10H3/q+1/i1D3. The van der Waals surface area contributed by atoms with Gasteiger partial charge in [-0.3, -0.25) is 0 Å². The van der Waals surface area contributed by atoms with Gasteiger partial charge in [0.1, 0.15) is 7.05 Å². The fourth-order valence-corrected chi connectivity index (χ4v) is 5.28. The minimum absolute atomic E-state index is 0.0231. The van der Waals surface area contributed by atoms with E-state index in [1.54, 1.807) is 0 Å². The van der Waals surface area contributed by atoms with Crippen molar-refractivity contribution >= 4 is 0 Å². The summed E-state index contributed by atoms with van der Waals surface area (Å²) in [7, 11) is 2.06. The van der Waals surface area contributed by atoms with Gasteiger partial charge in [-0.1, -0.05) is 72.7 Å². The van der Waals surface area contributed by atoms with E-state index in [2.05, 4.69) is 103 Å². The Bertz CT molecular complexity index is 1320. The van der Waals surface area contributed by atoms with Crippen molar-refractivity contribution in [2.45, 2.75) is 91.3 Å². The second-order valence-corrected chi connectivity index (χ2v) is 12.4. The summed E-state index contributed by atoms with van der Waals surface area (Å²) in [5.41, 5.74) is 9.55. The maximum absolute atomic E-state index is 8.35. The van der Waals surface area contributed by atoms with E-state index in [9.17, 15) is 0 Å². The summed E-state index contributed by atoms with van der Waals surface area (Å²) in [6.07, 6.45) is 4.38. The molecule has 2 aromatic carbocycles. The summed E-state index contributed by atoms with van der Waals surface area (Å²) in [4.78, 5) is 0. The quantitative estimate of drug-likeness (QED) is 0.352. The van der Waals surface area contributed by atoms with Crippen molar-refractivity contribution in [1.29, 1.82) is 0 Å². The Morgan fingerprint density at radius 2 is 1.48 bits per heavy atom. The van der Waals surface area contributed by atoms with Gasteiger partial charge < -0.3 is 0 Å². The molecule has 0 fully saturated rings. The zero-order chi connectivity index (χ0) is 26.8. The average Bonchev–Trinajstić information content (AvgIpc) is 2.76. The molecule has 0 radical (unpaired) electrons. The molecular formula is C32H42N+. The van der Waals surface area contributed by atoms with Crippen LogP contribution in [0.25, 0.3) is 22.4 Å². The highest BCUT2D eigenvalue weighted by molar-refractivity contribution is 5.76. The normalized spacial score (nSPS) is 18.8. The number of hydrogen-bond acceptors (Lipinski definition) is 0. The fourth-order valence-electron chi connectivity index (χ4n) is 5.28. The van der Waals surface area contributed by atoms with Crippen molar-refractivity contribution in [1.82, 2.24) is 0 Å². The Morgan fingerprint density at radius 3 is 2.12 bits per heavy atom. The minimum atomic E-state index is -2.20. The van der Waals surface area contributed by atoms with Crippen molar-refractivity contribution < 1.29 is 8.68 Å². The van der Waals surface area contributed by atoms with Gasteiger partial charge in [0.2, 0.25) is 5.69 Å². The Hall–Kier alpha value is -2.41. The molecule has 1 nitrogen and oxygen atoms in total. The number of pyridine rings is 1. The van der Waals surface area contributed by atoms with Gasteiger partial charge in [0.05, 0.1) is 0 Å². The largest absolute Gasteiger partial charge is 0.212 e. The lowest BCUT2D eigenvalue weighted by molar-refractivity contribution is -0.660. The van der Waals surface area contributed by atoms with E-state index < -0.39 is 6.85 Å². The molecule has 1 heterocycles. The monoisotopic (exact) mass is 443 g/mol. The van der Waals surface area contributed by atoms with Crippen LogP contribution in [0.1, 0.15) is 93.2 Å². The lowest BCUT2D eigenvalue weighted by atomic mass is 9.63. The molecule has 0 spiro atoms. The number of hydrogen-bond donors (Lipinski definition) is 0. The van der Waals surface area contributed by atoms with E-state index in [1.165, 1.54) is 16.7 Å². The Labute approximate surface area is 206 Å². The molecule has 1 heteroatoms. The third kappa shape index (κ3) is 4.27. The van der Waals surface area contributed by atoms with Gasteiger partial charge >= 0.3 is 0 Å². The van der Waals surface area contributed by atoms with Crippen LogP contribution in [0.15, 0.2) is 48.7 Å². The van der Waals surface area contributed by atoms with Crippen LogP contribution in [-0.2, 0) is 23.3 Å². The highest BCUT2D eigenvalue weighted by atomic mass is 14.9. The summed E-state index contributed by atoms with van der Waals surface area (Å²) in [5, 5.41) is 0. The van der Waals surface area contributed by atoms with Crippen LogP contribution in [0.2, 0.25) is 0 Å². The molecule has 0 N–H and O–H groups in total. The number of benzene rings is 2. The van der Waals surface area contributed by atoms with Crippen LogP contribution in [-0.4, -0.2) is 0 Å². The second-order valence-electron chi connectivity index (χ2n) is 12.4. The maximum atomic E-state index is 8.35. The third-order valence-corrected chi connectivity index (χ3v) is 7.82. The van der Waals surface area contributed by atoms with Crippen LogP contribution < -0.4 is 4.57 Å². The molecule has 174 valence electrons. The van der Waals surface area contributed by atoms with Crippen LogP contribution in [0.4, 0.5) is 0 Å². The molecule has 0 saturated heterocycles. The average molecular weight is 444 g/mol. The van der Waals surface area contributed by atoms with E-state index in [0.717, 1.165) is 40.8 Å². The summed E-state index contributed by atoms with van der Waals surface area (Å²) >= 11 is 0. The van der Waals surface area contributed by atoms with Crippen LogP contribution in [0.3, 0.4) is 0 Å². The second kappa shape index (κ2) is 7.83. The summed E-state index contributed by atoms with van der Waals surface area (Å²) in [6, 6.07) is 15.1. The van der Waals surface area contributed by atoms with Crippen molar-refractivity contribution in [2.24, 2.45) is 7.05 Å². The molecule has 4 rings (SSSR count). The summed E-state index contributed by atoms with van der Waals surface area (Å²) in [5.74, 6) is 0. The van der Waals surface area contributed by atoms with E-state index in [4.69, 9.17) is 4.11 Å². The molecule has 33 heavy (non-hydrogen) atoms. The molecule has 1 aliphatic carbocycles. The molecule has 3 aromatic rings. The van der Waals surface area contributed by atoms with Crippen molar-refractivity contribution in [3.05, 3.63) is 76.5 Å². The third-order valence-electron chi connectivity index (χ3n) is 7.82. The van der Waals surface area contributed by atoms with Crippen LogP contribution in [0.5, 0.6) is 0 Å². The maximum Gasteiger partial charge on any atom is 0.212 e. The lowest BCUT2D eigenvalue weighted by Crippen LogP contribution is -2.33. The fraction of sp³-hybridized carbons (Fsp3) is 0.469. The minimum Gasteiger partial charge on any atom is -0.201 e. The first-order valence-corrected chi connectivity index (χ1v) is 12.2. The zero-order valence-corrected chi connectivity index (χ0v) is 22.0. The molecule has 0 unspecified atom stereocenters. The smallest absolute Gasteiger partial charge is 0.201 e. The van der Waals surface area contributed by atoms with Gasteiger partial charge in [0.15, 0.2) is 6.20 Å². The van der Waals surface area contributed by atoms with Crippen molar-refractivity contribution in [3.63, 3.8) is 0 Å². The van der Waals surface area contributed by atoms with Gasteiger partial charge in [-0.05, 0) is 87.9 Å². The van der Waals surface area contributed by atoms with Gasteiger partial charge in [-0.15, -0.1) is 0 Å². The molecule has 0 bridgehead atoms. The van der Waals surface area contributed by atoms with E-state index >= 15 is 0 Å². The number of aryl methyl sites for hydroxylation is 3. The first-order chi connectivity index (χ1) is 16.4. The number of aromatic nitrogens is 1. The molecule has 0 amide bonds.